The Hall–Kier alpha value is -3.15. The van der Waals surface area contributed by atoms with Gasteiger partial charge in [0, 0.05) is 22.9 Å². The van der Waals surface area contributed by atoms with Crippen LogP contribution in [0, 0.1) is 0 Å². The van der Waals surface area contributed by atoms with Crippen molar-refractivity contribution in [2.24, 2.45) is 0 Å². The number of aromatic amines is 1. The van der Waals surface area contributed by atoms with Crippen LogP contribution in [-0.2, 0) is 0 Å². The smallest absolute Gasteiger partial charge is 0.255 e. The van der Waals surface area contributed by atoms with E-state index in [1.807, 2.05) is 0 Å². The van der Waals surface area contributed by atoms with Gasteiger partial charge in [0.05, 0.1) is 17.4 Å². The second-order valence-electron chi connectivity index (χ2n) is 5.92. The van der Waals surface area contributed by atoms with E-state index in [-0.39, 0.29) is 11.8 Å². The molecule has 4 rings (SSSR count). The van der Waals surface area contributed by atoms with E-state index in [1.54, 1.807) is 48.8 Å². The van der Waals surface area contributed by atoms with Crippen molar-refractivity contribution in [2.45, 2.75) is 18.9 Å². The predicted molar refractivity (Wildman–Crippen MR) is 91.0 cm³/mol. The number of amides is 2. The van der Waals surface area contributed by atoms with E-state index in [0.29, 0.717) is 22.9 Å². The summed E-state index contributed by atoms with van der Waals surface area (Å²) in [6.07, 6.45) is 3.67. The van der Waals surface area contributed by atoms with Gasteiger partial charge in [0.2, 0.25) is 0 Å². The minimum atomic E-state index is -0.230. The molecule has 0 atom stereocenters. The largest absolute Gasteiger partial charge is 0.349 e. The Kier molecular flexibility index (Phi) is 3.49. The third kappa shape index (κ3) is 2.99. The van der Waals surface area contributed by atoms with Gasteiger partial charge in [-0.25, -0.2) is 4.98 Å². The molecular formula is C18H16N4O2. The summed E-state index contributed by atoms with van der Waals surface area (Å²) in [6.45, 7) is 0. The number of benzene rings is 2. The molecule has 0 spiro atoms. The van der Waals surface area contributed by atoms with Crippen molar-refractivity contribution < 1.29 is 9.59 Å². The Morgan fingerprint density at radius 1 is 1.04 bits per heavy atom. The molecule has 3 aromatic rings. The van der Waals surface area contributed by atoms with Gasteiger partial charge in [-0.05, 0) is 49.2 Å². The molecule has 2 aromatic carbocycles. The maximum Gasteiger partial charge on any atom is 0.255 e. The Labute approximate surface area is 138 Å². The summed E-state index contributed by atoms with van der Waals surface area (Å²) in [5.41, 5.74) is 3.28. The molecule has 1 aliphatic carbocycles. The average Bonchev–Trinajstić information content (AvgIpc) is 3.28. The highest BCUT2D eigenvalue weighted by Gasteiger charge is 2.23. The fourth-order valence-corrected chi connectivity index (χ4v) is 2.51. The highest BCUT2D eigenvalue weighted by atomic mass is 16.2. The number of hydrogen-bond acceptors (Lipinski definition) is 3. The molecule has 3 N–H and O–H groups in total. The molecule has 0 bridgehead atoms. The quantitative estimate of drug-likeness (QED) is 0.691. The number of hydrogen-bond donors (Lipinski definition) is 3. The van der Waals surface area contributed by atoms with Crippen molar-refractivity contribution in [1.29, 1.82) is 0 Å². The van der Waals surface area contributed by atoms with Crippen molar-refractivity contribution >= 4 is 28.5 Å². The van der Waals surface area contributed by atoms with Crippen LogP contribution in [0.5, 0.6) is 0 Å². The molecule has 120 valence electrons. The van der Waals surface area contributed by atoms with Gasteiger partial charge < -0.3 is 15.6 Å². The molecule has 1 aromatic heterocycles. The van der Waals surface area contributed by atoms with Crippen LogP contribution in [0.2, 0.25) is 0 Å². The Bertz CT molecular complexity index is 927. The molecule has 1 aliphatic rings. The predicted octanol–water partition coefficient (Wildman–Crippen LogP) is 2.71. The molecule has 0 radical (unpaired) electrons. The molecule has 6 heteroatoms. The van der Waals surface area contributed by atoms with E-state index >= 15 is 0 Å². The van der Waals surface area contributed by atoms with Gasteiger partial charge in [0.15, 0.2) is 0 Å². The van der Waals surface area contributed by atoms with Crippen molar-refractivity contribution in [1.82, 2.24) is 15.3 Å². The fraction of sp³-hybridized carbons (Fsp3) is 0.167. The summed E-state index contributed by atoms with van der Waals surface area (Å²) >= 11 is 0. The Balaban J connectivity index is 1.51. The van der Waals surface area contributed by atoms with E-state index in [2.05, 4.69) is 20.6 Å². The molecule has 1 saturated carbocycles. The van der Waals surface area contributed by atoms with Gasteiger partial charge in [-0.1, -0.05) is 6.07 Å². The molecule has 0 saturated heterocycles. The number of nitrogens with zero attached hydrogens (tertiary/aromatic N) is 1. The number of nitrogens with one attached hydrogen (secondary N) is 3. The first-order chi connectivity index (χ1) is 11.7. The van der Waals surface area contributed by atoms with Crippen LogP contribution in [0.25, 0.3) is 11.0 Å². The monoisotopic (exact) mass is 320 g/mol. The zero-order valence-corrected chi connectivity index (χ0v) is 12.9. The number of carbonyl (C=O) groups excluding carboxylic acids is 2. The van der Waals surface area contributed by atoms with Crippen LogP contribution >= 0.6 is 0 Å². The van der Waals surface area contributed by atoms with Crippen molar-refractivity contribution in [2.75, 3.05) is 5.32 Å². The Morgan fingerprint density at radius 3 is 2.71 bits per heavy atom. The topological polar surface area (TPSA) is 86.9 Å². The van der Waals surface area contributed by atoms with Gasteiger partial charge in [-0.2, -0.15) is 0 Å². The van der Waals surface area contributed by atoms with Crippen LogP contribution in [0.1, 0.15) is 33.6 Å². The third-order valence-electron chi connectivity index (χ3n) is 3.98. The highest BCUT2D eigenvalue weighted by Crippen LogP contribution is 2.20. The van der Waals surface area contributed by atoms with Gasteiger partial charge in [0.1, 0.15) is 0 Å². The number of fused-ring (bicyclic) bond motifs is 1. The first-order valence-corrected chi connectivity index (χ1v) is 7.84. The van der Waals surface area contributed by atoms with E-state index in [0.717, 1.165) is 23.9 Å². The summed E-state index contributed by atoms with van der Waals surface area (Å²) in [4.78, 5) is 31.6. The lowest BCUT2D eigenvalue weighted by Gasteiger charge is -2.08. The average molecular weight is 320 g/mol. The van der Waals surface area contributed by atoms with Gasteiger partial charge >= 0.3 is 0 Å². The number of aromatic nitrogens is 2. The normalized spacial score (nSPS) is 13.7. The van der Waals surface area contributed by atoms with Crippen LogP contribution < -0.4 is 10.6 Å². The minimum absolute atomic E-state index is 0.104. The lowest BCUT2D eigenvalue weighted by atomic mass is 10.1. The second kappa shape index (κ2) is 5.81. The summed E-state index contributed by atoms with van der Waals surface area (Å²) < 4.78 is 0. The first kappa shape index (κ1) is 14.4. The van der Waals surface area contributed by atoms with Crippen LogP contribution in [0.3, 0.4) is 0 Å². The summed E-state index contributed by atoms with van der Waals surface area (Å²) in [5.74, 6) is -0.335. The number of imidazole rings is 1. The highest BCUT2D eigenvalue weighted by molar-refractivity contribution is 6.06. The number of anilines is 1. The van der Waals surface area contributed by atoms with Crippen molar-refractivity contribution in [3.05, 3.63) is 59.9 Å². The lowest BCUT2D eigenvalue weighted by molar-refractivity contribution is 0.0949. The number of rotatable bonds is 4. The van der Waals surface area contributed by atoms with Gasteiger partial charge in [-0.3, -0.25) is 9.59 Å². The SMILES string of the molecule is O=C(Nc1cccc(C(=O)NC2CC2)c1)c1ccc2nc[nH]c2c1. The van der Waals surface area contributed by atoms with Crippen LogP contribution in [-0.4, -0.2) is 27.8 Å². The molecular weight excluding hydrogens is 304 g/mol. The van der Waals surface area contributed by atoms with E-state index < -0.39 is 0 Å². The summed E-state index contributed by atoms with van der Waals surface area (Å²) in [5, 5.41) is 5.76. The third-order valence-corrected chi connectivity index (χ3v) is 3.98. The standard InChI is InChI=1S/C18H16N4O2/c23-17(21-13-5-6-13)11-2-1-3-14(8-11)22-18(24)12-4-7-15-16(9-12)20-10-19-15/h1-4,7-10,13H,5-6H2,(H,19,20)(H,21,23)(H,22,24). The van der Waals surface area contributed by atoms with Gasteiger partial charge in [0.25, 0.3) is 11.8 Å². The van der Waals surface area contributed by atoms with Crippen LogP contribution in [0.4, 0.5) is 5.69 Å². The fourth-order valence-electron chi connectivity index (χ4n) is 2.51. The van der Waals surface area contributed by atoms with E-state index in [1.165, 1.54) is 0 Å². The Morgan fingerprint density at radius 2 is 1.88 bits per heavy atom. The number of carbonyl (C=O) groups is 2. The summed E-state index contributed by atoms with van der Waals surface area (Å²) in [7, 11) is 0. The van der Waals surface area contributed by atoms with Crippen molar-refractivity contribution in [3.8, 4) is 0 Å². The maximum atomic E-state index is 12.4. The molecule has 24 heavy (non-hydrogen) atoms. The molecule has 1 fully saturated rings. The molecule has 0 aliphatic heterocycles. The zero-order chi connectivity index (χ0) is 16.5. The van der Waals surface area contributed by atoms with E-state index in [9.17, 15) is 9.59 Å². The lowest BCUT2D eigenvalue weighted by Crippen LogP contribution is -2.25. The van der Waals surface area contributed by atoms with Crippen LogP contribution in [0.15, 0.2) is 48.8 Å². The van der Waals surface area contributed by atoms with Crippen molar-refractivity contribution in [3.63, 3.8) is 0 Å². The molecule has 1 heterocycles. The maximum absolute atomic E-state index is 12.4. The molecule has 2 amide bonds. The summed E-state index contributed by atoms with van der Waals surface area (Å²) in [6, 6.07) is 12.5. The molecule has 0 unspecified atom stereocenters. The first-order valence-electron chi connectivity index (χ1n) is 7.84. The molecule has 6 nitrogen and oxygen atoms in total. The second-order valence-corrected chi connectivity index (χ2v) is 5.92. The van der Waals surface area contributed by atoms with E-state index in [4.69, 9.17) is 0 Å². The zero-order valence-electron chi connectivity index (χ0n) is 12.9. The van der Waals surface area contributed by atoms with Gasteiger partial charge in [-0.15, -0.1) is 0 Å². The number of H-pyrrole nitrogens is 1. The minimum Gasteiger partial charge on any atom is -0.349 e.